The van der Waals surface area contributed by atoms with Crippen molar-refractivity contribution in [2.24, 2.45) is 5.41 Å². The number of hydrogen-bond acceptors (Lipinski definition) is 3. The van der Waals surface area contributed by atoms with Gasteiger partial charge in [-0.1, -0.05) is 41.5 Å². The second-order valence-corrected chi connectivity index (χ2v) is 10.0. The van der Waals surface area contributed by atoms with E-state index in [2.05, 4.69) is 75.3 Å². The molecule has 0 amide bonds. The molecule has 0 aromatic carbocycles. The third-order valence-corrected chi connectivity index (χ3v) is 7.80. The van der Waals surface area contributed by atoms with Crippen LogP contribution in [0, 0.1) is 5.41 Å². The van der Waals surface area contributed by atoms with Crippen LogP contribution in [0.1, 0.15) is 77.3 Å². The van der Waals surface area contributed by atoms with Crippen LogP contribution in [0.3, 0.4) is 0 Å². The predicted octanol–water partition coefficient (Wildman–Crippen LogP) is 4.72. The molecule has 2 aliphatic carbocycles. The SMILES string of the molecule is CC1c2c(c(=O)nc3c4ccc(C(C)(C)C)nc4ccn23)C2(C)CCC12C. The number of rotatable bonds is 0. The first-order chi connectivity index (χ1) is 12.6. The van der Waals surface area contributed by atoms with E-state index in [9.17, 15) is 4.79 Å². The molecule has 4 heteroatoms. The first-order valence-electron chi connectivity index (χ1n) is 9.95. The first-order valence-corrected chi connectivity index (χ1v) is 9.95. The molecule has 0 aliphatic heterocycles. The van der Waals surface area contributed by atoms with E-state index in [1.807, 2.05) is 0 Å². The van der Waals surface area contributed by atoms with Gasteiger partial charge in [0, 0.05) is 45.3 Å². The average molecular weight is 361 g/mol. The van der Waals surface area contributed by atoms with Gasteiger partial charge in [0.1, 0.15) is 0 Å². The Hall–Kier alpha value is -2.23. The van der Waals surface area contributed by atoms with E-state index in [4.69, 9.17) is 4.98 Å². The molecule has 3 atom stereocenters. The summed E-state index contributed by atoms with van der Waals surface area (Å²) in [6.07, 6.45) is 4.31. The molecule has 0 radical (unpaired) electrons. The minimum atomic E-state index is -0.0461. The number of hydrogen-bond donors (Lipinski definition) is 0. The van der Waals surface area contributed by atoms with Crippen molar-refractivity contribution in [3.8, 4) is 0 Å². The second-order valence-electron chi connectivity index (χ2n) is 10.0. The van der Waals surface area contributed by atoms with E-state index in [1.165, 1.54) is 6.42 Å². The summed E-state index contributed by atoms with van der Waals surface area (Å²) in [5.74, 6) is 0.341. The minimum Gasteiger partial charge on any atom is -0.304 e. The molecule has 140 valence electrons. The highest BCUT2D eigenvalue weighted by molar-refractivity contribution is 5.91. The lowest BCUT2D eigenvalue weighted by Gasteiger charge is -2.53. The standard InChI is InChI=1S/C23H27N3O/c1-13-18-17(23(6)11-10-22(13,23)5)20(27)25-19-14-7-8-16(21(2,3)4)24-15(14)9-12-26(18)19/h7-9,12-13H,10-11H2,1-6H3. The maximum Gasteiger partial charge on any atom is 0.277 e. The Balaban J connectivity index is 1.86. The molecule has 0 saturated heterocycles. The fraction of sp³-hybridized carbons (Fsp3) is 0.522. The fourth-order valence-corrected chi connectivity index (χ4v) is 5.49. The molecule has 27 heavy (non-hydrogen) atoms. The molecule has 3 heterocycles. The van der Waals surface area contributed by atoms with Crippen LogP contribution in [0.2, 0.25) is 0 Å². The Morgan fingerprint density at radius 2 is 1.85 bits per heavy atom. The number of aromatic nitrogens is 3. The van der Waals surface area contributed by atoms with Gasteiger partial charge >= 0.3 is 0 Å². The molecule has 1 fully saturated rings. The summed E-state index contributed by atoms with van der Waals surface area (Å²) in [7, 11) is 0. The third-order valence-electron chi connectivity index (χ3n) is 7.80. The summed E-state index contributed by atoms with van der Waals surface area (Å²) < 4.78 is 2.16. The topological polar surface area (TPSA) is 47.3 Å². The van der Waals surface area contributed by atoms with Crippen LogP contribution < -0.4 is 5.56 Å². The average Bonchev–Trinajstić information content (AvgIpc) is 2.73. The van der Waals surface area contributed by atoms with Crippen LogP contribution >= 0.6 is 0 Å². The van der Waals surface area contributed by atoms with Gasteiger partial charge in [0.05, 0.1) is 5.52 Å². The number of pyridine rings is 2. The zero-order valence-electron chi connectivity index (χ0n) is 17.1. The minimum absolute atomic E-state index is 0.0117. The molecule has 3 aromatic heterocycles. The third kappa shape index (κ3) is 1.86. The highest BCUT2D eigenvalue weighted by Gasteiger charge is 2.64. The van der Waals surface area contributed by atoms with E-state index >= 15 is 0 Å². The fourth-order valence-electron chi connectivity index (χ4n) is 5.49. The molecular formula is C23H27N3O. The normalized spacial score (nSPS) is 29.6. The lowest BCUT2D eigenvalue weighted by Crippen LogP contribution is -2.50. The lowest BCUT2D eigenvalue weighted by molar-refractivity contribution is 0.0207. The molecule has 0 spiro atoms. The van der Waals surface area contributed by atoms with Crippen LogP contribution in [0.4, 0.5) is 0 Å². The van der Waals surface area contributed by atoms with E-state index in [0.717, 1.165) is 39.9 Å². The van der Waals surface area contributed by atoms with Crippen LogP contribution in [0.5, 0.6) is 0 Å². The van der Waals surface area contributed by atoms with Gasteiger partial charge in [-0.15, -0.1) is 0 Å². The number of fused-ring (bicyclic) bond motifs is 7. The molecule has 1 saturated carbocycles. The van der Waals surface area contributed by atoms with Gasteiger partial charge in [-0.25, -0.2) is 0 Å². The summed E-state index contributed by atoms with van der Waals surface area (Å²) in [4.78, 5) is 22.6. The van der Waals surface area contributed by atoms with Gasteiger partial charge in [0.2, 0.25) is 0 Å². The summed E-state index contributed by atoms with van der Waals surface area (Å²) in [5, 5.41) is 0.951. The van der Waals surface area contributed by atoms with Crippen molar-refractivity contribution in [1.29, 1.82) is 0 Å². The summed E-state index contributed by atoms with van der Waals surface area (Å²) in [6, 6.07) is 6.22. The zero-order valence-corrected chi connectivity index (χ0v) is 17.1. The van der Waals surface area contributed by atoms with Gasteiger partial charge in [-0.3, -0.25) is 9.78 Å². The highest BCUT2D eigenvalue weighted by atomic mass is 16.1. The zero-order chi connectivity index (χ0) is 19.4. The highest BCUT2D eigenvalue weighted by Crippen LogP contribution is 2.68. The van der Waals surface area contributed by atoms with Crippen molar-refractivity contribution in [2.75, 3.05) is 0 Å². The number of nitrogens with zero attached hydrogens (tertiary/aromatic N) is 3. The summed E-state index contributed by atoms with van der Waals surface area (Å²) in [5.41, 5.74) is 4.85. The van der Waals surface area contributed by atoms with Crippen molar-refractivity contribution in [3.05, 3.63) is 51.7 Å². The van der Waals surface area contributed by atoms with E-state index < -0.39 is 0 Å². The van der Waals surface area contributed by atoms with Gasteiger partial charge in [-0.05, 0) is 36.5 Å². The molecule has 3 aromatic rings. The van der Waals surface area contributed by atoms with Crippen molar-refractivity contribution < 1.29 is 0 Å². The quantitative estimate of drug-likeness (QED) is 0.545. The summed E-state index contributed by atoms with van der Waals surface area (Å²) >= 11 is 0. The van der Waals surface area contributed by atoms with Gasteiger partial charge in [-0.2, -0.15) is 4.98 Å². The van der Waals surface area contributed by atoms with Gasteiger partial charge < -0.3 is 4.40 Å². The first kappa shape index (κ1) is 16.9. The van der Waals surface area contributed by atoms with Crippen LogP contribution in [-0.4, -0.2) is 14.4 Å². The van der Waals surface area contributed by atoms with Crippen LogP contribution in [0.15, 0.2) is 29.2 Å². The monoisotopic (exact) mass is 361 g/mol. The predicted molar refractivity (Wildman–Crippen MR) is 109 cm³/mol. The maximum atomic E-state index is 13.1. The molecular weight excluding hydrogens is 334 g/mol. The Bertz CT molecular complexity index is 1190. The van der Waals surface area contributed by atoms with Crippen LogP contribution in [-0.2, 0) is 10.8 Å². The molecule has 2 aliphatic rings. The van der Waals surface area contributed by atoms with E-state index in [0.29, 0.717) is 5.92 Å². The van der Waals surface area contributed by atoms with Crippen molar-refractivity contribution in [1.82, 2.24) is 14.4 Å². The van der Waals surface area contributed by atoms with Crippen molar-refractivity contribution in [2.45, 2.75) is 71.1 Å². The molecule has 4 nitrogen and oxygen atoms in total. The maximum absolute atomic E-state index is 13.1. The van der Waals surface area contributed by atoms with E-state index in [1.54, 1.807) is 0 Å². The molecule has 3 unspecified atom stereocenters. The second kappa shape index (κ2) is 4.78. The lowest BCUT2D eigenvalue weighted by atomic mass is 9.49. The Morgan fingerprint density at radius 1 is 1.11 bits per heavy atom. The van der Waals surface area contributed by atoms with Gasteiger partial charge in [0.15, 0.2) is 5.65 Å². The van der Waals surface area contributed by atoms with Crippen molar-refractivity contribution >= 4 is 16.6 Å². The molecule has 0 bridgehead atoms. The van der Waals surface area contributed by atoms with Gasteiger partial charge in [0.25, 0.3) is 5.56 Å². The largest absolute Gasteiger partial charge is 0.304 e. The Labute approximate surface area is 159 Å². The van der Waals surface area contributed by atoms with E-state index in [-0.39, 0.29) is 21.8 Å². The molecule has 5 rings (SSSR count). The summed E-state index contributed by atoms with van der Waals surface area (Å²) in [6.45, 7) is 13.4. The Morgan fingerprint density at radius 3 is 2.48 bits per heavy atom. The molecule has 0 N–H and O–H groups in total. The van der Waals surface area contributed by atoms with Crippen LogP contribution in [0.25, 0.3) is 16.6 Å². The smallest absolute Gasteiger partial charge is 0.277 e. The Kier molecular flexibility index (Phi) is 2.99. The van der Waals surface area contributed by atoms with Crippen molar-refractivity contribution in [3.63, 3.8) is 0 Å².